The molecule has 6 heteroatoms. The van der Waals surface area contributed by atoms with Crippen LogP contribution in [-0.2, 0) is 19.0 Å². The number of hydrogen-bond donors (Lipinski definition) is 0. The molecule has 0 fully saturated rings. The number of ether oxygens (including phenoxy) is 1. The summed E-state index contributed by atoms with van der Waals surface area (Å²) in [5.41, 5.74) is 0. The Hall–Kier alpha value is -0.0100. The standard InChI is InChI=1S/C11H16O4S.Na.H/c1-4-7-9-14-11(8-5-2)15-16(12,13)10-6-3;;/h11H,6,9-10H2,1-3H3;;/q;+1;-1. The molecule has 4 nitrogen and oxygen atoms in total. The fourth-order valence-corrected chi connectivity index (χ4v) is 1.80. The molecule has 0 saturated heterocycles. The van der Waals surface area contributed by atoms with Crippen LogP contribution in [0.25, 0.3) is 0 Å². The van der Waals surface area contributed by atoms with Gasteiger partial charge in [0.1, 0.15) is 6.61 Å². The molecule has 0 aromatic carbocycles. The summed E-state index contributed by atoms with van der Waals surface area (Å²) >= 11 is 0. The van der Waals surface area contributed by atoms with Crippen LogP contribution in [-0.4, -0.2) is 27.1 Å². The maximum absolute atomic E-state index is 11.3. The van der Waals surface area contributed by atoms with Gasteiger partial charge in [0, 0.05) is 0 Å². The summed E-state index contributed by atoms with van der Waals surface area (Å²) in [6, 6.07) is 0. The summed E-state index contributed by atoms with van der Waals surface area (Å²) in [6.07, 6.45) is -0.578. The second-order valence-corrected chi connectivity index (χ2v) is 4.54. The van der Waals surface area contributed by atoms with E-state index in [2.05, 4.69) is 23.7 Å². The van der Waals surface area contributed by atoms with E-state index in [9.17, 15) is 8.42 Å². The third-order valence-electron chi connectivity index (χ3n) is 1.43. The van der Waals surface area contributed by atoms with Crippen LogP contribution >= 0.6 is 0 Å². The fourth-order valence-electron chi connectivity index (χ4n) is 0.832. The maximum Gasteiger partial charge on any atom is 1.00 e. The van der Waals surface area contributed by atoms with E-state index in [1.807, 2.05) is 0 Å². The minimum Gasteiger partial charge on any atom is -1.00 e. The molecule has 0 bridgehead atoms. The zero-order chi connectivity index (χ0) is 12.4. The monoisotopic (exact) mass is 268 g/mol. The van der Waals surface area contributed by atoms with Crippen molar-refractivity contribution in [2.75, 3.05) is 12.4 Å². The maximum atomic E-state index is 11.3. The largest absolute Gasteiger partial charge is 1.00 e. The molecule has 1 unspecified atom stereocenters. The number of rotatable bonds is 6. The Bertz CT molecular complexity index is 414. The van der Waals surface area contributed by atoms with Crippen molar-refractivity contribution in [2.24, 2.45) is 0 Å². The van der Waals surface area contributed by atoms with Crippen LogP contribution in [0.3, 0.4) is 0 Å². The van der Waals surface area contributed by atoms with Gasteiger partial charge in [0.15, 0.2) is 0 Å². The van der Waals surface area contributed by atoms with Crippen LogP contribution in [0.4, 0.5) is 0 Å². The van der Waals surface area contributed by atoms with E-state index in [0.29, 0.717) is 6.42 Å². The zero-order valence-electron chi connectivity index (χ0n) is 11.7. The van der Waals surface area contributed by atoms with Gasteiger partial charge in [0.05, 0.1) is 5.75 Å². The second kappa shape index (κ2) is 11.1. The van der Waals surface area contributed by atoms with Gasteiger partial charge in [-0.05, 0) is 26.2 Å². The molecule has 0 N–H and O–H groups in total. The van der Waals surface area contributed by atoms with Gasteiger partial charge >= 0.3 is 29.6 Å². The topological polar surface area (TPSA) is 52.6 Å². The minimum absolute atomic E-state index is 0. The van der Waals surface area contributed by atoms with Crippen molar-refractivity contribution in [1.82, 2.24) is 0 Å². The van der Waals surface area contributed by atoms with Crippen LogP contribution in [0.15, 0.2) is 0 Å². The summed E-state index contributed by atoms with van der Waals surface area (Å²) in [5, 5.41) is 0. The van der Waals surface area contributed by atoms with Crippen molar-refractivity contribution in [3.05, 3.63) is 0 Å². The summed E-state index contributed by atoms with van der Waals surface area (Å²) in [5.74, 6) is 10.3. The molecule has 0 spiro atoms. The summed E-state index contributed by atoms with van der Waals surface area (Å²) < 4.78 is 32.5. The Balaban J connectivity index is -0.00000112. The molecular formula is C11H17NaO4S. The summed E-state index contributed by atoms with van der Waals surface area (Å²) in [7, 11) is -3.57. The van der Waals surface area contributed by atoms with Crippen LogP contribution in [0.1, 0.15) is 28.6 Å². The molecule has 0 aliphatic heterocycles. The SMILES string of the molecule is CC#CCOC(C#CC)OS(=O)(=O)CCC.[H-].[Na+]. The Morgan fingerprint density at radius 1 is 1.29 bits per heavy atom. The molecule has 0 radical (unpaired) electrons. The zero-order valence-corrected chi connectivity index (χ0v) is 13.6. The van der Waals surface area contributed by atoms with Crippen LogP contribution in [0.5, 0.6) is 0 Å². The van der Waals surface area contributed by atoms with E-state index < -0.39 is 16.4 Å². The molecule has 0 aromatic rings. The molecule has 0 amide bonds. The predicted octanol–water partition coefficient (Wildman–Crippen LogP) is -1.75. The van der Waals surface area contributed by atoms with Crippen molar-refractivity contribution < 1.29 is 48.3 Å². The smallest absolute Gasteiger partial charge is 1.00 e. The second-order valence-electron chi connectivity index (χ2n) is 2.82. The van der Waals surface area contributed by atoms with Gasteiger partial charge in [0.25, 0.3) is 10.1 Å². The van der Waals surface area contributed by atoms with Gasteiger partial charge in [-0.3, -0.25) is 0 Å². The van der Waals surface area contributed by atoms with Gasteiger partial charge in [-0.1, -0.05) is 12.8 Å². The van der Waals surface area contributed by atoms with E-state index >= 15 is 0 Å². The van der Waals surface area contributed by atoms with Crippen LogP contribution in [0.2, 0.25) is 0 Å². The van der Waals surface area contributed by atoms with Crippen LogP contribution < -0.4 is 29.6 Å². The summed E-state index contributed by atoms with van der Waals surface area (Å²) in [6.45, 7) is 5.10. The molecule has 0 aromatic heterocycles. The molecule has 0 rings (SSSR count). The van der Waals surface area contributed by atoms with Gasteiger partial charge in [-0.2, -0.15) is 8.42 Å². The molecule has 0 saturated carbocycles. The van der Waals surface area contributed by atoms with Crippen molar-refractivity contribution >= 4 is 10.1 Å². The average molecular weight is 268 g/mol. The van der Waals surface area contributed by atoms with E-state index in [-0.39, 0.29) is 43.3 Å². The molecular weight excluding hydrogens is 251 g/mol. The molecule has 1 atom stereocenters. The predicted molar refractivity (Wildman–Crippen MR) is 62.9 cm³/mol. The first-order valence-corrected chi connectivity index (χ1v) is 6.48. The van der Waals surface area contributed by atoms with Gasteiger partial charge in [0.2, 0.25) is 6.29 Å². The minimum atomic E-state index is -3.57. The van der Waals surface area contributed by atoms with E-state index in [1.54, 1.807) is 20.8 Å². The third kappa shape index (κ3) is 10.8. The Kier molecular flexibility index (Phi) is 12.6. The first-order chi connectivity index (χ1) is 7.55. The Labute approximate surface area is 127 Å². The third-order valence-corrected chi connectivity index (χ3v) is 2.81. The molecule has 92 valence electrons. The molecule has 17 heavy (non-hydrogen) atoms. The van der Waals surface area contributed by atoms with E-state index in [1.165, 1.54) is 0 Å². The first kappa shape index (κ1) is 19.3. The van der Waals surface area contributed by atoms with Crippen molar-refractivity contribution in [2.45, 2.75) is 33.5 Å². The molecule has 0 heterocycles. The quantitative estimate of drug-likeness (QED) is 0.248. The normalized spacial score (nSPS) is 11.2. The average Bonchev–Trinajstić information content (AvgIpc) is 2.17. The van der Waals surface area contributed by atoms with Gasteiger partial charge < -0.3 is 6.16 Å². The van der Waals surface area contributed by atoms with Crippen molar-refractivity contribution in [3.8, 4) is 23.7 Å². The summed E-state index contributed by atoms with van der Waals surface area (Å²) in [4.78, 5) is 0. The van der Waals surface area contributed by atoms with Gasteiger partial charge in [-0.25, -0.2) is 4.18 Å². The van der Waals surface area contributed by atoms with E-state index in [0.717, 1.165) is 0 Å². The molecule has 0 aliphatic carbocycles. The van der Waals surface area contributed by atoms with E-state index in [4.69, 9.17) is 8.92 Å². The van der Waals surface area contributed by atoms with Gasteiger partial charge in [-0.15, -0.1) is 11.8 Å². The van der Waals surface area contributed by atoms with Crippen LogP contribution in [0, 0.1) is 23.7 Å². The number of hydrogen-bond acceptors (Lipinski definition) is 4. The van der Waals surface area contributed by atoms with Crippen molar-refractivity contribution in [3.63, 3.8) is 0 Å². The Morgan fingerprint density at radius 2 is 1.94 bits per heavy atom. The Morgan fingerprint density at radius 3 is 2.41 bits per heavy atom. The fraction of sp³-hybridized carbons (Fsp3) is 0.636. The first-order valence-electron chi connectivity index (χ1n) is 4.90. The molecule has 0 aliphatic rings. The van der Waals surface area contributed by atoms with Crippen molar-refractivity contribution in [1.29, 1.82) is 0 Å².